The molecule has 0 heterocycles. The highest BCUT2D eigenvalue weighted by molar-refractivity contribution is 5.78. The molecule has 3 nitrogen and oxygen atoms in total. The van der Waals surface area contributed by atoms with Gasteiger partial charge < -0.3 is 9.53 Å². The first-order valence-electron chi connectivity index (χ1n) is 6.76. The van der Waals surface area contributed by atoms with Crippen molar-refractivity contribution >= 4 is 12.1 Å². The van der Waals surface area contributed by atoms with Gasteiger partial charge >= 0.3 is 0 Å². The van der Waals surface area contributed by atoms with E-state index in [-0.39, 0.29) is 5.78 Å². The van der Waals surface area contributed by atoms with Crippen molar-refractivity contribution in [3.63, 3.8) is 0 Å². The molecule has 0 aliphatic carbocycles. The van der Waals surface area contributed by atoms with Crippen LogP contribution in [0.25, 0.3) is 0 Å². The van der Waals surface area contributed by atoms with E-state index in [4.69, 9.17) is 4.74 Å². The fourth-order valence-corrected chi connectivity index (χ4v) is 2.04. The molecule has 0 atom stereocenters. The van der Waals surface area contributed by atoms with E-state index in [1.54, 1.807) is 7.11 Å². The second-order valence-electron chi connectivity index (χ2n) is 4.77. The molecule has 0 radical (unpaired) electrons. The first kappa shape index (κ1) is 15.4. The average Bonchev–Trinajstić information content (AvgIpc) is 2.40. The lowest BCUT2D eigenvalue weighted by atomic mass is 10.0. The lowest BCUT2D eigenvalue weighted by Gasteiger charge is -2.09. The van der Waals surface area contributed by atoms with Crippen molar-refractivity contribution < 1.29 is 14.3 Å². The number of ether oxygens (including phenoxy) is 1. The number of aldehydes is 1. The molecule has 1 aromatic rings. The highest BCUT2D eigenvalue weighted by Gasteiger charge is 2.06. The Morgan fingerprint density at radius 1 is 1.26 bits per heavy atom. The van der Waals surface area contributed by atoms with Gasteiger partial charge in [-0.3, -0.25) is 4.79 Å². The molecule has 0 N–H and O–H groups in total. The normalized spacial score (nSPS) is 10.2. The summed E-state index contributed by atoms with van der Waals surface area (Å²) in [5.41, 5.74) is 2.32. The topological polar surface area (TPSA) is 43.4 Å². The standard InChI is InChI=1S/C16H22O3/c1-13-9-10-14(16(12-13)19-2)6-5-8-15(18)7-3-4-11-17/h9-12H,3-8H2,1-2H3. The van der Waals surface area contributed by atoms with E-state index in [0.29, 0.717) is 25.7 Å². The van der Waals surface area contributed by atoms with Gasteiger partial charge in [0.2, 0.25) is 0 Å². The maximum atomic E-state index is 11.6. The summed E-state index contributed by atoms with van der Waals surface area (Å²) in [6.45, 7) is 2.03. The summed E-state index contributed by atoms with van der Waals surface area (Å²) in [5.74, 6) is 1.14. The minimum Gasteiger partial charge on any atom is -0.496 e. The molecule has 0 aliphatic rings. The van der Waals surface area contributed by atoms with Crippen LogP contribution in [0.2, 0.25) is 0 Å². The summed E-state index contributed by atoms with van der Waals surface area (Å²) in [7, 11) is 1.67. The Hall–Kier alpha value is -1.64. The number of methoxy groups -OCH3 is 1. The van der Waals surface area contributed by atoms with E-state index < -0.39 is 0 Å². The fraction of sp³-hybridized carbons (Fsp3) is 0.500. The predicted octanol–water partition coefficient (Wildman–Crippen LogP) is 3.26. The molecule has 0 fully saturated rings. The second kappa shape index (κ2) is 8.46. The molecule has 104 valence electrons. The van der Waals surface area contributed by atoms with Crippen molar-refractivity contribution in [2.24, 2.45) is 0 Å². The Kier molecular flexibility index (Phi) is 6.86. The summed E-state index contributed by atoms with van der Waals surface area (Å²) in [6.07, 6.45) is 4.81. The molecule has 0 spiro atoms. The van der Waals surface area contributed by atoms with Crippen molar-refractivity contribution in [1.82, 2.24) is 0 Å². The zero-order valence-electron chi connectivity index (χ0n) is 11.8. The number of aryl methyl sites for hydroxylation is 2. The van der Waals surface area contributed by atoms with Crippen LogP contribution in [0.4, 0.5) is 0 Å². The Morgan fingerprint density at radius 2 is 2.00 bits per heavy atom. The van der Waals surface area contributed by atoms with Crippen LogP contribution < -0.4 is 4.74 Å². The predicted molar refractivity (Wildman–Crippen MR) is 75.6 cm³/mol. The van der Waals surface area contributed by atoms with Gasteiger partial charge in [-0.2, -0.15) is 0 Å². The molecule has 0 aromatic heterocycles. The monoisotopic (exact) mass is 262 g/mol. The van der Waals surface area contributed by atoms with Crippen LogP contribution in [0, 0.1) is 6.92 Å². The Bertz CT molecular complexity index is 424. The molecule has 0 aliphatic heterocycles. The first-order chi connectivity index (χ1) is 9.17. The van der Waals surface area contributed by atoms with E-state index in [9.17, 15) is 9.59 Å². The van der Waals surface area contributed by atoms with Crippen LogP contribution in [0.3, 0.4) is 0 Å². The molecule has 0 bridgehead atoms. The number of Topliss-reactive ketones (excluding diaryl/α,β-unsaturated/α-hetero) is 1. The Morgan fingerprint density at radius 3 is 2.68 bits per heavy atom. The number of ketones is 1. The third kappa shape index (κ3) is 5.69. The zero-order valence-corrected chi connectivity index (χ0v) is 11.8. The smallest absolute Gasteiger partial charge is 0.132 e. The summed E-state index contributed by atoms with van der Waals surface area (Å²) in [5, 5.41) is 0. The van der Waals surface area contributed by atoms with Gasteiger partial charge in [0.15, 0.2) is 0 Å². The number of rotatable bonds is 9. The third-order valence-electron chi connectivity index (χ3n) is 3.12. The van der Waals surface area contributed by atoms with Crippen molar-refractivity contribution in [3.05, 3.63) is 29.3 Å². The van der Waals surface area contributed by atoms with E-state index in [1.165, 1.54) is 5.56 Å². The minimum atomic E-state index is 0.243. The summed E-state index contributed by atoms with van der Waals surface area (Å²) in [4.78, 5) is 21.7. The molecule has 0 amide bonds. The van der Waals surface area contributed by atoms with Gasteiger partial charge in [-0.1, -0.05) is 12.1 Å². The fourth-order valence-electron chi connectivity index (χ4n) is 2.04. The van der Waals surface area contributed by atoms with Gasteiger partial charge in [0.1, 0.15) is 17.8 Å². The molecule has 0 unspecified atom stereocenters. The van der Waals surface area contributed by atoms with Gasteiger partial charge in [0.05, 0.1) is 7.11 Å². The van der Waals surface area contributed by atoms with Gasteiger partial charge in [-0.25, -0.2) is 0 Å². The molecular weight excluding hydrogens is 240 g/mol. The molecule has 1 rings (SSSR count). The highest BCUT2D eigenvalue weighted by Crippen LogP contribution is 2.21. The van der Waals surface area contributed by atoms with E-state index in [0.717, 1.165) is 30.4 Å². The second-order valence-corrected chi connectivity index (χ2v) is 4.77. The van der Waals surface area contributed by atoms with Crippen LogP contribution in [-0.4, -0.2) is 19.2 Å². The van der Waals surface area contributed by atoms with Crippen molar-refractivity contribution in [1.29, 1.82) is 0 Å². The summed E-state index contributed by atoms with van der Waals surface area (Å²) < 4.78 is 5.34. The molecule has 0 saturated carbocycles. The van der Waals surface area contributed by atoms with Crippen molar-refractivity contribution in [2.45, 2.75) is 45.4 Å². The average molecular weight is 262 g/mol. The van der Waals surface area contributed by atoms with Gasteiger partial charge in [-0.05, 0) is 43.4 Å². The number of carbonyl (C=O) groups is 2. The third-order valence-corrected chi connectivity index (χ3v) is 3.12. The SMILES string of the molecule is COc1cc(C)ccc1CCCC(=O)CCCC=O. The van der Waals surface area contributed by atoms with Crippen LogP contribution >= 0.6 is 0 Å². The largest absolute Gasteiger partial charge is 0.496 e. The Balaban J connectivity index is 2.36. The maximum Gasteiger partial charge on any atom is 0.132 e. The number of unbranched alkanes of at least 4 members (excludes halogenated alkanes) is 1. The zero-order chi connectivity index (χ0) is 14.1. The van der Waals surface area contributed by atoms with Crippen molar-refractivity contribution in [3.8, 4) is 5.75 Å². The van der Waals surface area contributed by atoms with E-state index >= 15 is 0 Å². The molecule has 19 heavy (non-hydrogen) atoms. The Labute approximate surface area is 115 Å². The lowest BCUT2D eigenvalue weighted by Crippen LogP contribution is -2.00. The number of hydrogen-bond donors (Lipinski definition) is 0. The van der Waals surface area contributed by atoms with Crippen LogP contribution in [0.5, 0.6) is 5.75 Å². The first-order valence-corrected chi connectivity index (χ1v) is 6.76. The van der Waals surface area contributed by atoms with Gasteiger partial charge in [0, 0.05) is 19.3 Å². The summed E-state index contributed by atoms with van der Waals surface area (Å²) in [6, 6.07) is 6.13. The molecule has 1 aromatic carbocycles. The number of carbonyl (C=O) groups excluding carboxylic acids is 2. The number of benzene rings is 1. The highest BCUT2D eigenvalue weighted by atomic mass is 16.5. The molecular formula is C16H22O3. The van der Waals surface area contributed by atoms with Gasteiger partial charge in [-0.15, -0.1) is 0 Å². The van der Waals surface area contributed by atoms with Crippen LogP contribution in [0.15, 0.2) is 18.2 Å². The van der Waals surface area contributed by atoms with Crippen LogP contribution in [0.1, 0.15) is 43.2 Å². The molecule has 0 saturated heterocycles. The quantitative estimate of drug-likeness (QED) is 0.507. The van der Waals surface area contributed by atoms with Crippen molar-refractivity contribution in [2.75, 3.05) is 7.11 Å². The van der Waals surface area contributed by atoms with Crippen LogP contribution in [-0.2, 0) is 16.0 Å². The summed E-state index contributed by atoms with van der Waals surface area (Å²) >= 11 is 0. The van der Waals surface area contributed by atoms with E-state index in [2.05, 4.69) is 12.1 Å². The number of hydrogen-bond acceptors (Lipinski definition) is 3. The van der Waals surface area contributed by atoms with E-state index in [1.807, 2.05) is 13.0 Å². The van der Waals surface area contributed by atoms with Gasteiger partial charge in [0.25, 0.3) is 0 Å². The molecule has 3 heteroatoms. The minimum absolute atomic E-state index is 0.243. The maximum absolute atomic E-state index is 11.6. The lowest BCUT2D eigenvalue weighted by molar-refractivity contribution is -0.119.